The summed E-state index contributed by atoms with van der Waals surface area (Å²) in [5.41, 5.74) is 4.70. The second kappa shape index (κ2) is 21.4. The first kappa shape index (κ1) is 52.1. The molecular formula is C31H44N9O20P3S2. The number of thioether (sulfide) groups is 1. The molecule has 0 radical (unpaired) electrons. The van der Waals surface area contributed by atoms with Gasteiger partial charge in [0.2, 0.25) is 11.8 Å². The second-order valence-corrected chi connectivity index (χ2v) is 21.0. The third-order valence-electron chi connectivity index (χ3n) is 9.29. The van der Waals surface area contributed by atoms with Crippen LogP contribution in [0.15, 0.2) is 12.7 Å². The molecule has 0 spiro atoms. The average molecular weight is 1020 g/mol. The van der Waals surface area contributed by atoms with E-state index in [0.717, 1.165) is 33.4 Å². The SMILES string of the molecule is CC(C)(COP(=O)(O)OP(=O)(O)OCC1OC(n2cnc3c(N)ncnc32)C(O)C1OP(=O)(O)O)C(O)C(=O)NCCC(=O)NCCSC(=O)C(=O)Nc1sc2c(c1C(=O)O)CCNC2. The molecule has 1 fully saturated rings. The number of nitrogens with one attached hydrogen (secondary N) is 4. The van der Waals surface area contributed by atoms with Gasteiger partial charge >= 0.3 is 35.3 Å². The van der Waals surface area contributed by atoms with Crippen LogP contribution in [0.2, 0.25) is 0 Å². The molecule has 29 nitrogen and oxygen atoms in total. The van der Waals surface area contributed by atoms with Crippen molar-refractivity contribution in [1.82, 2.24) is 35.5 Å². The third-order valence-corrected chi connectivity index (χ3v) is 14.4. The Hall–Kier alpha value is -3.84. The van der Waals surface area contributed by atoms with Gasteiger partial charge in [0, 0.05) is 42.1 Å². The standard InChI is InChI=1S/C31H44N9O20P3S2/c1-31(2,22(43)25(44)35-6-4-17(41)34-7-8-64-30(48)26(45)39-27-18(29(46)47)14-3-5-33-9-16(14)65-27)11-57-63(54,55)60-62(52,53)56-10-15-21(59-61(49,50)51)20(42)28(58-15)40-13-38-19-23(32)36-12-37-24(19)40/h12-13,15,20-22,28,33,42-43H,3-11H2,1-2H3,(H,34,41)(H,35,44)(H,39,45)(H,46,47)(H,52,53)(H,54,55)(H2,32,36,37)(H2,49,50,51). The van der Waals surface area contributed by atoms with Crippen LogP contribution in [0.5, 0.6) is 0 Å². The Morgan fingerprint density at radius 2 is 1.78 bits per heavy atom. The zero-order valence-electron chi connectivity index (χ0n) is 33.9. The lowest BCUT2D eigenvalue weighted by atomic mass is 9.87. The average Bonchev–Trinajstić information content (AvgIpc) is 3.90. The van der Waals surface area contributed by atoms with Crippen molar-refractivity contribution in [1.29, 1.82) is 0 Å². The van der Waals surface area contributed by atoms with E-state index in [9.17, 15) is 72.6 Å². The first-order chi connectivity index (χ1) is 30.3. The number of phosphoric ester groups is 3. The first-order valence-electron chi connectivity index (χ1n) is 18.7. The van der Waals surface area contributed by atoms with Gasteiger partial charge in [-0.2, -0.15) is 4.31 Å². The number of hydrogen-bond donors (Lipinski definition) is 12. The van der Waals surface area contributed by atoms with Gasteiger partial charge in [0.1, 0.15) is 41.3 Å². The lowest BCUT2D eigenvalue weighted by molar-refractivity contribution is -0.137. The predicted molar refractivity (Wildman–Crippen MR) is 222 cm³/mol. The number of ether oxygens (including phenoxy) is 1. The maximum Gasteiger partial charge on any atom is 0.481 e. The van der Waals surface area contributed by atoms with Crippen molar-refractivity contribution in [3.05, 3.63) is 28.7 Å². The fourth-order valence-corrected chi connectivity index (χ4v) is 10.7. The molecule has 0 saturated carbocycles. The van der Waals surface area contributed by atoms with Crippen LogP contribution in [0.25, 0.3) is 11.2 Å². The summed E-state index contributed by atoms with van der Waals surface area (Å²) in [6, 6.07) is 0. The maximum absolute atomic E-state index is 12.7. The van der Waals surface area contributed by atoms with Gasteiger partial charge in [0.25, 0.3) is 5.12 Å². The van der Waals surface area contributed by atoms with Crippen molar-refractivity contribution in [2.24, 2.45) is 5.41 Å². The number of aliphatic hydroxyl groups is 2. The number of fused-ring (bicyclic) bond motifs is 2. The van der Waals surface area contributed by atoms with E-state index in [2.05, 4.69) is 45.1 Å². The van der Waals surface area contributed by atoms with Gasteiger partial charge in [-0.05, 0) is 18.5 Å². The molecule has 0 aliphatic carbocycles. The smallest absolute Gasteiger partial charge is 0.478 e. The van der Waals surface area contributed by atoms with E-state index in [-0.39, 0.29) is 52.8 Å². The zero-order chi connectivity index (χ0) is 48.1. The van der Waals surface area contributed by atoms with Crippen molar-refractivity contribution in [3.8, 4) is 0 Å². The molecule has 5 heterocycles. The molecule has 2 aliphatic rings. The largest absolute Gasteiger partial charge is 0.481 e. The fourth-order valence-electron chi connectivity index (χ4n) is 6.14. The molecule has 34 heteroatoms. The molecule has 5 rings (SSSR count). The number of carboxylic acid groups (broad SMARTS) is 1. The summed E-state index contributed by atoms with van der Waals surface area (Å²) < 4.78 is 62.2. The summed E-state index contributed by atoms with van der Waals surface area (Å²) in [7, 11) is -16.5. The van der Waals surface area contributed by atoms with Crippen LogP contribution in [0, 0.1) is 5.41 Å². The Bertz CT molecular complexity index is 2430. The van der Waals surface area contributed by atoms with Crippen LogP contribution in [0.1, 0.15) is 47.3 Å². The number of nitrogen functional groups attached to an aromatic ring is 1. The number of rotatable bonds is 21. The molecule has 7 atom stereocenters. The fraction of sp³-hybridized carbons (Fsp3) is 0.548. The number of aliphatic hydroxyl groups excluding tert-OH is 2. The number of nitrogens with zero attached hydrogens (tertiary/aromatic N) is 4. The second-order valence-electron chi connectivity index (χ2n) is 14.6. The van der Waals surface area contributed by atoms with E-state index in [1.807, 2.05) is 0 Å². The predicted octanol–water partition coefficient (Wildman–Crippen LogP) is -1.29. The van der Waals surface area contributed by atoms with Gasteiger partial charge in [-0.3, -0.25) is 37.3 Å². The minimum absolute atomic E-state index is 0.0111. The van der Waals surface area contributed by atoms with Gasteiger partial charge in [-0.1, -0.05) is 25.6 Å². The summed E-state index contributed by atoms with van der Waals surface area (Å²) in [4.78, 5) is 113. The van der Waals surface area contributed by atoms with Crippen LogP contribution in [-0.2, 0) is 68.5 Å². The Morgan fingerprint density at radius 1 is 1.08 bits per heavy atom. The van der Waals surface area contributed by atoms with Crippen LogP contribution in [0.3, 0.4) is 0 Å². The summed E-state index contributed by atoms with van der Waals surface area (Å²) in [6.07, 6.45) is -6.82. The maximum atomic E-state index is 12.7. The van der Waals surface area contributed by atoms with Gasteiger partial charge < -0.3 is 66.6 Å². The van der Waals surface area contributed by atoms with Crippen LogP contribution < -0.4 is 27.0 Å². The number of nitrogens with two attached hydrogens (primary N) is 1. The molecule has 3 amide bonds. The van der Waals surface area contributed by atoms with Crippen molar-refractivity contribution in [3.63, 3.8) is 0 Å². The summed E-state index contributed by atoms with van der Waals surface area (Å²) in [6.45, 7) is 0.929. The lowest BCUT2D eigenvalue weighted by Crippen LogP contribution is -2.46. The van der Waals surface area contributed by atoms with E-state index in [0.29, 0.717) is 36.8 Å². The number of carbonyl (C=O) groups excluding carboxylic acids is 4. The zero-order valence-corrected chi connectivity index (χ0v) is 38.2. The van der Waals surface area contributed by atoms with Crippen molar-refractivity contribution in [2.45, 2.75) is 63.9 Å². The van der Waals surface area contributed by atoms with Crippen molar-refractivity contribution in [2.75, 3.05) is 49.7 Å². The van der Waals surface area contributed by atoms with E-state index in [1.54, 1.807) is 0 Å². The highest BCUT2D eigenvalue weighted by Crippen LogP contribution is 2.61. The molecule has 3 aromatic heterocycles. The first-order valence-corrected chi connectivity index (χ1v) is 25.1. The number of hydrogen-bond acceptors (Lipinski definition) is 22. The molecule has 7 unspecified atom stereocenters. The van der Waals surface area contributed by atoms with Gasteiger partial charge in [0.05, 0.1) is 25.1 Å². The number of thiophene rings is 1. The van der Waals surface area contributed by atoms with Crippen LogP contribution >= 0.6 is 46.6 Å². The Kier molecular flexibility index (Phi) is 17.2. The molecule has 0 aromatic carbocycles. The number of imidazole rings is 1. The molecule has 360 valence electrons. The van der Waals surface area contributed by atoms with E-state index >= 15 is 0 Å². The van der Waals surface area contributed by atoms with Gasteiger partial charge in [-0.25, -0.2) is 33.4 Å². The van der Waals surface area contributed by atoms with Gasteiger partial charge in [-0.15, -0.1) is 11.3 Å². The highest BCUT2D eigenvalue weighted by atomic mass is 32.2. The highest BCUT2D eigenvalue weighted by Gasteiger charge is 2.50. The Morgan fingerprint density at radius 3 is 2.48 bits per heavy atom. The number of carbonyl (C=O) groups is 5. The summed E-state index contributed by atoms with van der Waals surface area (Å²) in [5, 5.41) is 40.5. The normalized spacial score (nSPS) is 21.2. The Labute approximate surface area is 374 Å². The summed E-state index contributed by atoms with van der Waals surface area (Å²) >= 11 is 1.64. The minimum Gasteiger partial charge on any atom is -0.478 e. The number of amides is 3. The van der Waals surface area contributed by atoms with Crippen LogP contribution in [-0.4, -0.2) is 146 Å². The molecule has 1 saturated heterocycles. The Balaban J connectivity index is 1.02. The number of aromatic nitrogens is 4. The van der Waals surface area contributed by atoms with Crippen molar-refractivity contribution < 1.29 is 95.2 Å². The number of anilines is 2. The molecule has 3 aromatic rings. The molecule has 2 aliphatic heterocycles. The van der Waals surface area contributed by atoms with E-state index in [4.69, 9.17) is 19.5 Å². The molecule has 13 N–H and O–H groups in total. The quantitative estimate of drug-likeness (QED) is 0.0335. The molecule has 65 heavy (non-hydrogen) atoms. The highest BCUT2D eigenvalue weighted by molar-refractivity contribution is 8.15. The monoisotopic (exact) mass is 1020 g/mol. The third kappa shape index (κ3) is 13.9. The van der Waals surface area contributed by atoms with E-state index < -0.39 is 102 Å². The number of aromatic carboxylic acids is 1. The van der Waals surface area contributed by atoms with Gasteiger partial charge in [0.15, 0.2) is 17.7 Å². The van der Waals surface area contributed by atoms with Crippen LogP contribution in [0.4, 0.5) is 10.8 Å². The minimum atomic E-state index is -5.62. The lowest BCUT2D eigenvalue weighted by Gasteiger charge is -2.30. The molecular weight excluding hydrogens is 975 g/mol. The van der Waals surface area contributed by atoms with E-state index in [1.165, 1.54) is 13.8 Å². The number of carboxylic acids is 1. The van der Waals surface area contributed by atoms with Crippen molar-refractivity contribution >= 4 is 97.4 Å². The number of phosphoric acid groups is 3. The topological polar surface area (TPSA) is 442 Å². The molecule has 0 bridgehead atoms. The summed E-state index contributed by atoms with van der Waals surface area (Å²) in [5.74, 6) is -4.01.